The van der Waals surface area contributed by atoms with Gasteiger partial charge in [-0.3, -0.25) is 4.79 Å². The number of nitrogens with zero attached hydrogens (tertiary/aromatic N) is 2. The number of nitrogens with one attached hydrogen (secondary N) is 2. The number of likely N-dealkylation sites (N-methyl/N-ethyl adjacent to an activating group) is 1. The third-order valence-corrected chi connectivity index (χ3v) is 2.47. The van der Waals surface area contributed by atoms with Crippen molar-refractivity contribution in [1.82, 2.24) is 10.3 Å². The van der Waals surface area contributed by atoms with Crippen LogP contribution >= 0.6 is 11.6 Å². The number of halogens is 1. The molecule has 7 heteroatoms. The van der Waals surface area contributed by atoms with Gasteiger partial charge in [-0.1, -0.05) is 11.6 Å². The van der Waals surface area contributed by atoms with Crippen molar-refractivity contribution in [2.45, 2.75) is 6.92 Å². The predicted octanol–water partition coefficient (Wildman–Crippen LogP) is 1.71. The van der Waals surface area contributed by atoms with Gasteiger partial charge in [0.05, 0.1) is 5.56 Å². The molecule has 3 N–H and O–H groups in total. The van der Waals surface area contributed by atoms with Crippen LogP contribution in [0, 0.1) is 11.3 Å². The second kappa shape index (κ2) is 6.61. The minimum absolute atomic E-state index is 0.242. The number of rotatable bonds is 4. The summed E-state index contributed by atoms with van der Waals surface area (Å²) in [6.45, 7) is 2.40. The number of carbonyl (C=O) groups is 1. The van der Waals surface area contributed by atoms with E-state index in [1.54, 1.807) is 6.07 Å². The Balaban J connectivity index is 3.40. The van der Waals surface area contributed by atoms with Crippen molar-refractivity contribution in [3.63, 3.8) is 0 Å². The molecule has 19 heavy (non-hydrogen) atoms. The molecule has 100 valence electrons. The minimum Gasteiger partial charge on any atom is -0.506 e. The lowest BCUT2D eigenvalue weighted by Crippen LogP contribution is -2.20. The zero-order valence-corrected chi connectivity index (χ0v) is 11.2. The molecular weight excluding hydrogens is 268 g/mol. The van der Waals surface area contributed by atoms with E-state index in [0.717, 1.165) is 0 Å². The van der Waals surface area contributed by atoms with Gasteiger partial charge in [-0.2, -0.15) is 5.26 Å². The van der Waals surface area contributed by atoms with Crippen LogP contribution in [0.15, 0.2) is 17.7 Å². The summed E-state index contributed by atoms with van der Waals surface area (Å²) in [7, 11) is 1.37. The molecule has 0 spiro atoms. The van der Waals surface area contributed by atoms with Crippen molar-refractivity contribution in [2.75, 3.05) is 18.9 Å². The van der Waals surface area contributed by atoms with Crippen molar-refractivity contribution < 1.29 is 9.90 Å². The maximum atomic E-state index is 11.5. The highest BCUT2D eigenvalue weighted by Gasteiger charge is 2.18. The largest absolute Gasteiger partial charge is 0.506 e. The number of aromatic nitrogens is 1. The maximum Gasteiger partial charge on any atom is 0.265 e. The van der Waals surface area contributed by atoms with E-state index in [-0.39, 0.29) is 16.3 Å². The van der Waals surface area contributed by atoms with Gasteiger partial charge in [0.2, 0.25) is 0 Å². The smallest absolute Gasteiger partial charge is 0.265 e. The van der Waals surface area contributed by atoms with Crippen molar-refractivity contribution in [1.29, 1.82) is 5.26 Å². The summed E-state index contributed by atoms with van der Waals surface area (Å²) in [6.07, 6.45) is 0. The molecule has 1 rings (SSSR count). The Kier molecular flexibility index (Phi) is 5.15. The number of hydrogen-bond acceptors (Lipinski definition) is 5. The molecule has 0 bridgehead atoms. The normalized spacial score (nSPS) is 11.3. The van der Waals surface area contributed by atoms with Gasteiger partial charge in [0, 0.05) is 13.6 Å². The Morgan fingerprint density at radius 1 is 1.58 bits per heavy atom. The highest BCUT2D eigenvalue weighted by molar-refractivity contribution is 6.29. The van der Waals surface area contributed by atoms with Crippen LogP contribution < -0.4 is 10.6 Å². The molecule has 0 fully saturated rings. The molecule has 1 aromatic rings. The molecule has 1 amide bonds. The van der Waals surface area contributed by atoms with Crippen LogP contribution in [0.1, 0.15) is 12.5 Å². The van der Waals surface area contributed by atoms with Crippen LogP contribution in [0.4, 0.5) is 5.82 Å². The monoisotopic (exact) mass is 280 g/mol. The van der Waals surface area contributed by atoms with Crippen molar-refractivity contribution in [2.24, 2.45) is 0 Å². The Morgan fingerprint density at radius 3 is 2.79 bits per heavy atom. The van der Waals surface area contributed by atoms with E-state index in [4.69, 9.17) is 16.9 Å². The molecule has 1 heterocycles. The molecular formula is C12H13ClN4O2. The summed E-state index contributed by atoms with van der Waals surface area (Å²) in [5.74, 6) is -0.802. The lowest BCUT2D eigenvalue weighted by Gasteiger charge is -2.10. The lowest BCUT2D eigenvalue weighted by atomic mass is 10.1. The van der Waals surface area contributed by atoms with Crippen molar-refractivity contribution in [3.8, 4) is 6.07 Å². The van der Waals surface area contributed by atoms with Gasteiger partial charge < -0.3 is 15.7 Å². The standard InChI is InChI=1S/C12H13ClN4O2/c1-3-16-11-7(4-5-9(13)17-11)10(18)8(6-14)12(19)15-2/h4-5,18H,3H2,1-2H3,(H,15,19)(H,16,17). The van der Waals surface area contributed by atoms with Crippen LogP contribution in [0.25, 0.3) is 5.76 Å². The molecule has 0 aliphatic carbocycles. The van der Waals surface area contributed by atoms with Gasteiger partial charge in [-0.15, -0.1) is 0 Å². The van der Waals surface area contributed by atoms with Crippen LogP contribution in [0.5, 0.6) is 0 Å². The van der Waals surface area contributed by atoms with E-state index in [0.29, 0.717) is 12.4 Å². The highest BCUT2D eigenvalue weighted by atomic mass is 35.5. The molecule has 0 unspecified atom stereocenters. The van der Waals surface area contributed by atoms with Gasteiger partial charge in [0.1, 0.15) is 22.8 Å². The van der Waals surface area contributed by atoms with Crippen LogP contribution in [0.3, 0.4) is 0 Å². The fourth-order valence-electron chi connectivity index (χ4n) is 1.40. The zero-order valence-electron chi connectivity index (χ0n) is 10.5. The van der Waals surface area contributed by atoms with Crippen molar-refractivity contribution in [3.05, 3.63) is 28.4 Å². The molecule has 0 aliphatic heterocycles. The first-order chi connectivity index (χ1) is 9.04. The number of carbonyl (C=O) groups excluding carboxylic acids is 1. The van der Waals surface area contributed by atoms with E-state index >= 15 is 0 Å². The molecule has 6 nitrogen and oxygen atoms in total. The Morgan fingerprint density at radius 2 is 2.26 bits per heavy atom. The number of aliphatic hydroxyl groups excluding tert-OH is 1. The fraction of sp³-hybridized carbons (Fsp3) is 0.250. The Bertz CT molecular complexity index is 563. The molecule has 0 saturated heterocycles. The molecule has 0 saturated carbocycles. The highest BCUT2D eigenvalue weighted by Crippen LogP contribution is 2.24. The summed E-state index contributed by atoms with van der Waals surface area (Å²) in [4.78, 5) is 15.5. The van der Waals surface area contributed by atoms with Crippen LogP contribution in [-0.4, -0.2) is 29.6 Å². The van der Waals surface area contributed by atoms with Gasteiger partial charge >= 0.3 is 0 Å². The number of nitriles is 1. The average molecular weight is 281 g/mol. The number of amides is 1. The van der Waals surface area contributed by atoms with Gasteiger partial charge in [-0.05, 0) is 19.1 Å². The first-order valence-electron chi connectivity index (χ1n) is 5.51. The van der Waals surface area contributed by atoms with E-state index < -0.39 is 11.7 Å². The Hall–Kier alpha value is -2.26. The SMILES string of the molecule is CCNc1nc(Cl)ccc1C(O)=C(C#N)C(=O)NC. The van der Waals surface area contributed by atoms with E-state index in [1.165, 1.54) is 19.2 Å². The quantitative estimate of drug-likeness (QED) is 0.337. The predicted molar refractivity (Wildman–Crippen MR) is 72.6 cm³/mol. The van der Waals surface area contributed by atoms with Crippen LogP contribution in [-0.2, 0) is 4.79 Å². The van der Waals surface area contributed by atoms with E-state index in [2.05, 4.69) is 15.6 Å². The second-order valence-electron chi connectivity index (χ2n) is 3.48. The third kappa shape index (κ3) is 3.36. The van der Waals surface area contributed by atoms with E-state index in [9.17, 15) is 9.90 Å². The molecule has 0 aliphatic rings. The van der Waals surface area contributed by atoms with Gasteiger partial charge in [0.15, 0.2) is 5.57 Å². The number of aliphatic hydroxyl groups is 1. The van der Waals surface area contributed by atoms with Crippen LogP contribution in [0.2, 0.25) is 5.15 Å². The average Bonchev–Trinajstić information content (AvgIpc) is 2.39. The van der Waals surface area contributed by atoms with Gasteiger partial charge in [0.25, 0.3) is 5.91 Å². The molecule has 0 atom stereocenters. The first kappa shape index (κ1) is 14.8. The molecule has 0 radical (unpaired) electrons. The summed E-state index contributed by atoms with van der Waals surface area (Å²) >= 11 is 5.77. The third-order valence-electron chi connectivity index (χ3n) is 2.26. The number of anilines is 1. The molecule has 0 aromatic carbocycles. The second-order valence-corrected chi connectivity index (χ2v) is 3.86. The number of hydrogen-bond donors (Lipinski definition) is 3. The minimum atomic E-state index is -0.669. The summed E-state index contributed by atoms with van der Waals surface area (Å²) < 4.78 is 0. The summed E-state index contributed by atoms with van der Waals surface area (Å²) in [5, 5.41) is 24.4. The fourth-order valence-corrected chi connectivity index (χ4v) is 1.55. The lowest BCUT2D eigenvalue weighted by molar-refractivity contribution is -0.116. The Labute approximate surface area is 115 Å². The zero-order chi connectivity index (χ0) is 14.4. The maximum absolute atomic E-state index is 11.5. The summed E-state index contributed by atoms with van der Waals surface area (Å²) in [5.41, 5.74) is -0.142. The van der Waals surface area contributed by atoms with E-state index in [1.807, 2.05) is 6.92 Å². The van der Waals surface area contributed by atoms with Crippen molar-refractivity contribution >= 4 is 29.1 Å². The first-order valence-corrected chi connectivity index (χ1v) is 5.89. The molecule has 1 aromatic heterocycles. The summed E-state index contributed by atoms with van der Waals surface area (Å²) in [6, 6.07) is 4.62. The van der Waals surface area contributed by atoms with Gasteiger partial charge in [-0.25, -0.2) is 4.98 Å². The topological polar surface area (TPSA) is 98.0 Å². The number of pyridine rings is 1.